The molecule has 0 bridgehead atoms. The van der Waals surface area contributed by atoms with Gasteiger partial charge in [-0.3, -0.25) is 0 Å². The number of allylic oxidation sites excluding steroid dienone is 5. The molecule has 0 aromatic heterocycles. The van der Waals surface area contributed by atoms with Gasteiger partial charge < -0.3 is 0 Å². The Balaban J connectivity index is 4.05. The number of rotatable bonds is 3. The predicted octanol–water partition coefficient (Wildman–Crippen LogP) is 3.19. The Morgan fingerprint density at radius 2 is 2.27 bits per heavy atom. The van der Waals surface area contributed by atoms with E-state index < -0.39 is 6.17 Å². The van der Waals surface area contributed by atoms with E-state index in [1.54, 1.807) is 12.2 Å². The third-order valence-corrected chi connectivity index (χ3v) is 1.09. The standard InChI is InChI=1S/C10H13F/c1-4-5-6-9(2)7-8-10(3)11/h5-8,10H,1H2,2-3H3/b8-7-,9-6-. The molecule has 0 aromatic rings. The molecule has 1 heteroatoms. The van der Waals surface area contributed by atoms with Crippen LogP contribution >= 0.6 is 0 Å². The molecule has 0 N–H and O–H groups in total. The zero-order valence-corrected chi connectivity index (χ0v) is 6.97. The summed E-state index contributed by atoms with van der Waals surface area (Å²) < 4.78 is 12.2. The van der Waals surface area contributed by atoms with Crippen molar-refractivity contribution < 1.29 is 4.39 Å². The van der Waals surface area contributed by atoms with E-state index >= 15 is 0 Å². The highest BCUT2D eigenvalue weighted by Crippen LogP contribution is 1.98. The molecule has 0 saturated heterocycles. The molecule has 0 rings (SSSR count). The Kier molecular flexibility index (Phi) is 5.14. The maximum Gasteiger partial charge on any atom is 0.116 e. The predicted molar refractivity (Wildman–Crippen MR) is 47.2 cm³/mol. The van der Waals surface area contributed by atoms with Crippen molar-refractivity contribution >= 4 is 0 Å². The van der Waals surface area contributed by atoms with Crippen LogP contribution in [-0.4, -0.2) is 6.17 Å². The summed E-state index contributed by atoms with van der Waals surface area (Å²) in [6.07, 6.45) is 5.88. The van der Waals surface area contributed by atoms with Crippen LogP contribution in [0.1, 0.15) is 13.8 Å². The van der Waals surface area contributed by atoms with Gasteiger partial charge >= 0.3 is 0 Å². The molecule has 0 aliphatic carbocycles. The Bertz CT molecular complexity index is 203. The van der Waals surface area contributed by atoms with Gasteiger partial charge in [-0.1, -0.05) is 30.4 Å². The fourth-order valence-corrected chi connectivity index (χ4v) is 0.530. The Morgan fingerprint density at radius 3 is 2.73 bits per heavy atom. The molecule has 0 aromatic carbocycles. The molecule has 0 amide bonds. The first-order chi connectivity index (χ1) is 5.16. The summed E-state index contributed by atoms with van der Waals surface area (Å²) in [7, 11) is 0. The fourth-order valence-electron chi connectivity index (χ4n) is 0.530. The van der Waals surface area contributed by atoms with E-state index in [1.807, 2.05) is 13.0 Å². The van der Waals surface area contributed by atoms with Crippen LogP contribution in [0.4, 0.5) is 4.39 Å². The first-order valence-electron chi connectivity index (χ1n) is 3.52. The van der Waals surface area contributed by atoms with Crippen molar-refractivity contribution in [3.63, 3.8) is 0 Å². The van der Waals surface area contributed by atoms with Crippen LogP contribution in [0, 0.1) is 0 Å². The minimum absolute atomic E-state index is 0.883. The summed E-state index contributed by atoms with van der Waals surface area (Å²) in [4.78, 5) is 0. The third-order valence-electron chi connectivity index (χ3n) is 1.09. The van der Waals surface area contributed by atoms with E-state index in [2.05, 4.69) is 12.3 Å². The number of hydrogen-bond donors (Lipinski definition) is 0. The Labute approximate surface area is 67.4 Å². The molecule has 1 unspecified atom stereocenters. The van der Waals surface area contributed by atoms with Crippen LogP contribution in [0.5, 0.6) is 0 Å². The van der Waals surface area contributed by atoms with E-state index in [0.717, 1.165) is 5.57 Å². The van der Waals surface area contributed by atoms with Gasteiger partial charge in [0.2, 0.25) is 0 Å². The summed E-state index contributed by atoms with van der Waals surface area (Å²) >= 11 is 0. The minimum atomic E-state index is -0.883. The minimum Gasteiger partial charge on any atom is -0.243 e. The van der Waals surface area contributed by atoms with Crippen molar-refractivity contribution in [2.24, 2.45) is 0 Å². The second-order valence-corrected chi connectivity index (χ2v) is 2.32. The van der Waals surface area contributed by atoms with Crippen molar-refractivity contribution in [1.82, 2.24) is 0 Å². The summed E-state index contributed by atoms with van der Waals surface area (Å²) in [5, 5.41) is 0. The Hall–Kier alpha value is -1.07. The van der Waals surface area contributed by atoms with Gasteiger partial charge in [-0.05, 0) is 19.9 Å². The molecule has 1 atom stereocenters. The van der Waals surface area contributed by atoms with Crippen molar-refractivity contribution in [3.05, 3.63) is 42.2 Å². The van der Waals surface area contributed by atoms with Gasteiger partial charge in [-0.2, -0.15) is 0 Å². The lowest BCUT2D eigenvalue weighted by atomic mass is 10.2. The molecule has 0 saturated carbocycles. The SMILES string of the molecule is C=C=C/C=C(C)\C=C/C(C)F. The zero-order chi connectivity index (χ0) is 8.69. The molecule has 11 heavy (non-hydrogen) atoms. The van der Waals surface area contributed by atoms with Gasteiger partial charge in [0, 0.05) is 0 Å². The smallest absolute Gasteiger partial charge is 0.116 e. The highest BCUT2D eigenvalue weighted by molar-refractivity contribution is 5.21. The Morgan fingerprint density at radius 1 is 1.64 bits per heavy atom. The second kappa shape index (κ2) is 5.70. The van der Waals surface area contributed by atoms with Gasteiger partial charge in [-0.25, -0.2) is 4.39 Å². The van der Waals surface area contributed by atoms with E-state index in [-0.39, 0.29) is 0 Å². The summed E-state index contributed by atoms with van der Waals surface area (Å²) in [6.45, 7) is 6.79. The van der Waals surface area contributed by atoms with Gasteiger partial charge in [0.15, 0.2) is 0 Å². The molecular weight excluding hydrogens is 139 g/mol. The molecule has 0 radical (unpaired) electrons. The van der Waals surface area contributed by atoms with E-state index in [1.165, 1.54) is 13.0 Å². The highest BCUT2D eigenvalue weighted by atomic mass is 19.1. The number of hydrogen-bond acceptors (Lipinski definition) is 0. The molecular formula is C10H13F. The summed E-state index contributed by atoms with van der Waals surface area (Å²) in [6, 6.07) is 0. The van der Waals surface area contributed by atoms with E-state index in [9.17, 15) is 4.39 Å². The third kappa shape index (κ3) is 6.82. The maximum atomic E-state index is 12.2. The van der Waals surface area contributed by atoms with Gasteiger partial charge in [0.25, 0.3) is 0 Å². The average molecular weight is 152 g/mol. The normalized spacial score (nSPS) is 14.6. The maximum absolute atomic E-state index is 12.2. The lowest BCUT2D eigenvalue weighted by Crippen LogP contribution is -1.82. The lowest BCUT2D eigenvalue weighted by Gasteiger charge is -1.90. The van der Waals surface area contributed by atoms with Gasteiger partial charge in [0.05, 0.1) is 0 Å². The number of halogens is 1. The molecule has 0 spiro atoms. The topological polar surface area (TPSA) is 0 Å². The molecule has 0 aliphatic heterocycles. The highest BCUT2D eigenvalue weighted by Gasteiger charge is 1.86. The van der Waals surface area contributed by atoms with Crippen LogP contribution < -0.4 is 0 Å². The van der Waals surface area contributed by atoms with Gasteiger partial charge in [-0.15, -0.1) is 5.73 Å². The fraction of sp³-hybridized carbons (Fsp3) is 0.300. The summed E-state index contributed by atoms with van der Waals surface area (Å²) in [5.74, 6) is 0. The van der Waals surface area contributed by atoms with Crippen LogP contribution in [-0.2, 0) is 0 Å². The largest absolute Gasteiger partial charge is 0.243 e. The average Bonchev–Trinajstić information content (AvgIpc) is 1.97. The lowest BCUT2D eigenvalue weighted by molar-refractivity contribution is 0.430. The molecule has 0 nitrogen and oxygen atoms in total. The van der Waals surface area contributed by atoms with Crippen LogP contribution in [0.15, 0.2) is 42.2 Å². The van der Waals surface area contributed by atoms with E-state index in [4.69, 9.17) is 0 Å². The van der Waals surface area contributed by atoms with Crippen LogP contribution in [0.25, 0.3) is 0 Å². The van der Waals surface area contributed by atoms with Crippen LogP contribution in [0.3, 0.4) is 0 Å². The van der Waals surface area contributed by atoms with Crippen molar-refractivity contribution in [2.75, 3.05) is 0 Å². The molecule has 60 valence electrons. The first-order valence-corrected chi connectivity index (χ1v) is 3.52. The van der Waals surface area contributed by atoms with Crippen molar-refractivity contribution in [3.8, 4) is 0 Å². The quantitative estimate of drug-likeness (QED) is 0.430. The number of alkyl halides is 1. The zero-order valence-electron chi connectivity index (χ0n) is 6.97. The second-order valence-electron chi connectivity index (χ2n) is 2.32. The van der Waals surface area contributed by atoms with Crippen molar-refractivity contribution in [1.29, 1.82) is 0 Å². The molecule has 0 heterocycles. The van der Waals surface area contributed by atoms with Crippen molar-refractivity contribution in [2.45, 2.75) is 20.0 Å². The van der Waals surface area contributed by atoms with Crippen LogP contribution in [0.2, 0.25) is 0 Å². The monoisotopic (exact) mass is 152 g/mol. The molecule has 0 fully saturated rings. The van der Waals surface area contributed by atoms with Gasteiger partial charge in [0.1, 0.15) is 6.17 Å². The molecule has 0 aliphatic rings. The summed E-state index contributed by atoms with van der Waals surface area (Å²) in [5.41, 5.74) is 3.60. The first kappa shape index (κ1) is 9.93. The van der Waals surface area contributed by atoms with E-state index in [0.29, 0.717) is 0 Å².